The lowest BCUT2D eigenvalue weighted by Gasteiger charge is -2.02. The van der Waals surface area contributed by atoms with Gasteiger partial charge < -0.3 is 0 Å². The van der Waals surface area contributed by atoms with Gasteiger partial charge in [0.15, 0.2) is 0 Å². The third-order valence-corrected chi connectivity index (χ3v) is 3.96. The maximum atomic E-state index is 4.18. The quantitative estimate of drug-likeness (QED) is 0.518. The monoisotopic (exact) mass is 266 g/mol. The van der Waals surface area contributed by atoms with E-state index in [4.69, 9.17) is 0 Å². The van der Waals surface area contributed by atoms with E-state index in [-0.39, 0.29) is 0 Å². The van der Waals surface area contributed by atoms with Crippen molar-refractivity contribution >= 4 is 34.2 Å². The third-order valence-electron chi connectivity index (χ3n) is 1.93. The molecule has 0 aliphatic rings. The van der Waals surface area contributed by atoms with Gasteiger partial charge in [-0.15, -0.1) is 23.4 Å². The van der Waals surface area contributed by atoms with Crippen molar-refractivity contribution in [3.63, 3.8) is 0 Å². The molecular formula is C11H10N2S3. The number of aromatic nitrogens is 2. The molecule has 0 unspecified atom stereocenters. The van der Waals surface area contributed by atoms with Crippen LogP contribution in [-0.4, -0.2) is 9.97 Å². The van der Waals surface area contributed by atoms with Crippen molar-refractivity contribution in [3.05, 3.63) is 48.4 Å². The molecule has 16 heavy (non-hydrogen) atoms. The van der Waals surface area contributed by atoms with Gasteiger partial charge in [0.05, 0.1) is 0 Å². The Morgan fingerprint density at radius 1 is 1.25 bits per heavy atom. The highest BCUT2D eigenvalue weighted by Gasteiger charge is 1.98. The molecule has 0 bridgehead atoms. The van der Waals surface area contributed by atoms with Crippen molar-refractivity contribution in [1.82, 2.24) is 9.97 Å². The largest absolute Gasteiger partial charge is 0.264 e. The Labute approximate surface area is 108 Å². The summed E-state index contributed by atoms with van der Waals surface area (Å²) in [5, 5.41) is 0.938. The molecule has 2 rings (SSSR count). The first-order valence-corrected chi connectivity index (χ1v) is 7.53. The van der Waals surface area contributed by atoms with Crippen LogP contribution >= 0.6 is 34.2 Å². The minimum atomic E-state index is 0.926. The molecule has 2 aromatic heterocycles. The Bertz CT molecular complexity index is 448. The van der Waals surface area contributed by atoms with Crippen molar-refractivity contribution in [2.75, 3.05) is 0 Å². The van der Waals surface area contributed by atoms with Crippen LogP contribution in [0.3, 0.4) is 0 Å². The summed E-state index contributed by atoms with van der Waals surface area (Å²) in [6, 6.07) is 8.09. The van der Waals surface area contributed by atoms with Crippen molar-refractivity contribution in [2.24, 2.45) is 0 Å². The van der Waals surface area contributed by atoms with E-state index in [1.807, 2.05) is 24.5 Å². The summed E-state index contributed by atoms with van der Waals surface area (Å²) >= 11 is 5.90. The number of thioether (sulfide) groups is 1. The van der Waals surface area contributed by atoms with Gasteiger partial charge in [-0.2, -0.15) is 0 Å². The Balaban J connectivity index is 1.99. The van der Waals surface area contributed by atoms with Crippen LogP contribution in [0.2, 0.25) is 0 Å². The summed E-state index contributed by atoms with van der Waals surface area (Å²) in [7, 11) is 1.37. The van der Waals surface area contributed by atoms with E-state index in [2.05, 4.69) is 33.8 Å². The van der Waals surface area contributed by atoms with Crippen LogP contribution in [0.15, 0.2) is 52.8 Å². The molecule has 0 N–H and O–H groups in total. The minimum Gasteiger partial charge on any atom is -0.264 e. The lowest BCUT2D eigenvalue weighted by atomic mass is 10.3. The van der Waals surface area contributed by atoms with E-state index in [0.717, 1.165) is 10.8 Å². The van der Waals surface area contributed by atoms with Crippen molar-refractivity contribution in [3.8, 4) is 0 Å². The first-order valence-electron chi connectivity index (χ1n) is 4.67. The first-order chi connectivity index (χ1) is 7.88. The Kier molecular flexibility index (Phi) is 4.56. The summed E-state index contributed by atoms with van der Waals surface area (Å²) in [6.07, 6.45) is 5.48. The highest BCUT2D eigenvalue weighted by Crippen LogP contribution is 2.24. The second-order valence-electron chi connectivity index (χ2n) is 3.07. The molecule has 0 atom stereocenters. The van der Waals surface area contributed by atoms with Gasteiger partial charge in [0.25, 0.3) is 0 Å². The summed E-state index contributed by atoms with van der Waals surface area (Å²) < 4.78 is 0. The average Bonchev–Trinajstić information content (AvgIpc) is 2.38. The SMILES string of the molecule is SSc1cc(CSc2cccnc2)ccn1. The molecule has 2 aromatic rings. The molecule has 82 valence electrons. The van der Waals surface area contributed by atoms with Gasteiger partial charge in [0.2, 0.25) is 0 Å². The van der Waals surface area contributed by atoms with Crippen LogP contribution in [0.1, 0.15) is 5.56 Å². The predicted molar refractivity (Wildman–Crippen MR) is 72.9 cm³/mol. The molecule has 0 saturated carbocycles. The van der Waals surface area contributed by atoms with Gasteiger partial charge in [-0.05, 0) is 40.6 Å². The number of nitrogens with zero attached hydrogens (tertiary/aromatic N) is 2. The fourth-order valence-electron chi connectivity index (χ4n) is 1.19. The maximum absolute atomic E-state index is 4.18. The summed E-state index contributed by atoms with van der Waals surface area (Å²) in [5.41, 5.74) is 1.25. The number of pyridine rings is 2. The molecule has 0 spiro atoms. The van der Waals surface area contributed by atoms with Crippen LogP contribution in [0.4, 0.5) is 0 Å². The van der Waals surface area contributed by atoms with Crippen LogP contribution in [-0.2, 0) is 5.75 Å². The zero-order chi connectivity index (χ0) is 11.2. The molecule has 0 amide bonds. The van der Waals surface area contributed by atoms with E-state index < -0.39 is 0 Å². The van der Waals surface area contributed by atoms with Crippen molar-refractivity contribution < 1.29 is 0 Å². The average molecular weight is 266 g/mol. The summed E-state index contributed by atoms with van der Waals surface area (Å²) in [5.74, 6) is 0.926. The molecule has 0 aliphatic carbocycles. The van der Waals surface area contributed by atoms with E-state index in [9.17, 15) is 0 Å². The highest BCUT2D eigenvalue weighted by atomic mass is 33.1. The van der Waals surface area contributed by atoms with Gasteiger partial charge in [-0.25, -0.2) is 4.98 Å². The number of thiol groups is 1. The van der Waals surface area contributed by atoms with Gasteiger partial charge in [-0.3, -0.25) is 4.98 Å². The lowest BCUT2D eigenvalue weighted by molar-refractivity contribution is 1.11. The molecule has 0 saturated heterocycles. The molecule has 5 heteroatoms. The fourth-order valence-corrected chi connectivity index (χ4v) is 2.62. The van der Waals surface area contributed by atoms with Crippen LogP contribution < -0.4 is 0 Å². The summed E-state index contributed by atoms with van der Waals surface area (Å²) in [4.78, 5) is 9.44. The number of rotatable bonds is 4. The van der Waals surface area contributed by atoms with Crippen LogP contribution in [0.5, 0.6) is 0 Å². The lowest BCUT2D eigenvalue weighted by Crippen LogP contribution is -1.84. The van der Waals surface area contributed by atoms with Crippen molar-refractivity contribution in [1.29, 1.82) is 0 Å². The highest BCUT2D eigenvalue weighted by molar-refractivity contribution is 8.68. The topological polar surface area (TPSA) is 25.8 Å². The zero-order valence-corrected chi connectivity index (χ0v) is 10.9. The van der Waals surface area contributed by atoms with Crippen LogP contribution in [0.25, 0.3) is 0 Å². The molecule has 0 aliphatic heterocycles. The fraction of sp³-hybridized carbons (Fsp3) is 0.0909. The molecule has 2 heterocycles. The number of hydrogen-bond acceptors (Lipinski definition) is 5. The Morgan fingerprint density at radius 3 is 2.94 bits per heavy atom. The number of hydrogen-bond donors (Lipinski definition) is 1. The Morgan fingerprint density at radius 2 is 2.19 bits per heavy atom. The van der Waals surface area contributed by atoms with E-state index in [0.29, 0.717) is 0 Å². The van der Waals surface area contributed by atoms with Gasteiger partial charge >= 0.3 is 0 Å². The zero-order valence-electron chi connectivity index (χ0n) is 8.41. The van der Waals surface area contributed by atoms with E-state index >= 15 is 0 Å². The third kappa shape index (κ3) is 3.43. The normalized spacial score (nSPS) is 10.3. The predicted octanol–water partition coefficient (Wildman–Crippen LogP) is 3.71. The minimum absolute atomic E-state index is 0.926. The maximum Gasteiger partial charge on any atom is 0.107 e. The smallest absolute Gasteiger partial charge is 0.107 e. The van der Waals surface area contributed by atoms with Gasteiger partial charge in [0.1, 0.15) is 5.03 Å². The molecular weight excluding hydrogens is 256 g/mol. The second kappa shape index (κ2) is 6.18. The van der Waals surface area contributed by atoms with Gasteiger partial charge in [-0.1, -0.05) is 0 Å². The van der Waals surface area contributed by atoms with E-state index in [1.165, 1.54) is 21.3 Å². The Hall–Kier alpha value is -0.650. The standard InChI is InChI=1S/C11H10N2S3/c14-16-11-6-9(3-5-13-11)8-15-10-2-1-4-12-7-10/h1-7,14H,8H2. The van der Waals surface area contributed by atoms with Crippen LogP contribution in [0, 0.1) is 0 Å². The summed E-state index contributed by atoms with van der Waals surface area (Å²) in [6.45, 7) is 0. The molecule has 2 nitrogen and oxygen atoms in total. The van der Waals surface area contributed by atoms with Crippen molar-refractivity contribution in [2.45, 2.75) is 15.7 Å². The molecule has 0 radical (unpaired) electrons. The van der Waals surface area contributed by atoms with E-state index in [1.54, 1.807) is 18.0 Å². The molecule has 0 fully saturated rings. The van der Waals surface area contributed by atoms with Gasteiger partial charge in [0, 0.05) is 29.2 Å². The second-order valence-corrected chi connectivity index (χ2v) is 5.27. The first kappa shape index (κ1) is 11.8. The molecule has 0 aromatic carbocycles.